The summed E-state index contributed by atoms with van der Waals surface area (Å²) in [6.07, 6.45) is 10.2. The van der Waals surface area contributed by atoms with Gasteiger partial charge in [-0.25, -0.2) is 0 Å². The van der Waals surface area contributed by atoms with Crippen LogP contribution in [0.2, 0.25) is 0 Å². The SMILES string of the molecule is O=C1C=CN2C[C@H]3C[C@@H](CN4CCCC[C@H]34)[C@H]2C1. The molecular formula is C15H22N2O. The molecule has 4 aliphatic heterocycles. The molecular weight excluding hydrogens is 224 g/mol. The molecule has 0 radical (unpaired) electrons. The Labute approximate surface area is 109 Å². The summed E-state index contributed by atoms with van der Waals surface area (Å²) < 4.78 is 0. The van der Waals surface area contributed by atoms with Gasteiger partial charge in [0.2, 0.25) is 0 Å². The standard InChI is InChI=1S/C15H22N2O/c18-13-4-6-17-9-11-7-12(15(17)8-13)10-16-5-2-1-3-14(11)16/h4,6,11-12,14-15H,1-3,5,7-10H2/t11-,12+,14-,15-/m1/s1. The first-order chi connectivity index (χ1) is 8.81. The predicted molar refractivity (Wildman–Crippen MR) is 70.1 cm³/mol. The molecule has 4 rings (SSSR count). The van der Waals surface area contributed by atoms with E-state index in [4.69, 9.17) is 0 Å². The van der Waals surface area contributed by atoms with Crippen LogP contribution in [0.4, 0.5) is 0 Å². The molecule has 2 bridgehead atoms. The zero-order valence-corrected chi connectivity index (χ0v) is 10.9. The molecule has 98 valence electrons. The first-order valence-corrected chi connectivity index (χ1v) is 7.52. The topological polar surface area (TPSA) is 23.6 Å². The Balaban J connectivity index is 1.60. The summed E-state index contributed by atoms with van der Waals surface area (Å²) in [4.78, 5) is 16.9. The predicted octanol–water partition coefficient (Wildman–Crippen LogP) is 1.65. The fourth-order valence-electron chi connectivity index (χ4n) is 4.76. The number of ketones is 1. The Morgan fingerprint density at radius 2 is 2.00 bits per heavy atom. The van der Waals surface area contributed by atoms with E-state index in [-0.39, 0.29) is 0 Å². The fourth-order valence-corrected chi connectivity index (χ4v) is 4.76. The molecule has 3 saturated heterocycles. The number of carbonyl (C=O) groups is 1. The lowest BCUT2D eigenvalue weighted by Crippen LogP contribution is -2.62. The molecule has 0 saturated carbocycles. The van der Waals surface area contributed by atoms with Crippen molar-refractivity contribution in [3.05, 3.63) is 12.3 Å². The van der Waals surface area contributed by atoms with Crippen molar-refractivity contribution in [3.8, 4) is 0 Å². The van der Waals surface area contributed by atoms with Gasteiger partial charge in [-0.3, -0.25) is 9.69 Å². The van der Waals surface area contributed by atoms with Crippen LogP contribution in [-0.2, 0) is 4.79 Å². The van der Waals surface area contributed by atoms with Crippen LogP contribution in [0.25, 0.3) is 0 Å². The van der Waals surface area contributed by atoms with Gasteiger partial charge in [-0.05, 0) is 43.7 Å². The highest BCUT2D eigenvalue weighted by Gasteiger charge is 2.46. The number of piperidine rings is 3. The molecule has 4 aliphatic rings. The van der Waals surface area contributed by atoms with E-state index < -0.39 is 0 Å². The summed E-state index contributed by atoms with van der Waals surface area (Å²) >= 11 is 0. The second kappa shape index (κ2) is 4.09. The Morgan fingerprint density at radius 3 is 2.94 bits per heavy atom. The van der Waals surface area contributed by atoms with Gasteiger partial charge in [0.05, 0.1) is 0 Å². The number of fused-ring (bicyclic) bond motifs is 6. The molecule has 0 aliphatic carbocycles. The molecule has 0 unspecified atom stereocenters. The summed E-state index contributed by atoms with van der Waals surface area (Å²) in [6.45, 7) is 3.73. The van der Waals surface area contributed by atoms with Gasteiger partial charge in [0, 0.05) is 37.8 Å². The van der Waals surface area contributed by atoms with Crippen LogP contribution in [0.1, 0.15) is 32.1 Å². The highest BCUT2D eigenvalue weighted by molar-refractivity contribution is 5.90. The average Bonchev–Trinajstić information content (AvgIpc) is 2.40. The Bertz CT molecular complexity index is 392. The maximum atomic E-state index is 11.6. The molecule has 3 heteroatoms. The molecule has 4 heterocycles. The third kappa shape index (κ3) is 1.63. The molecule has 0 aromatic heterocycles. The molecule has 0 N–H and O–H groups in total. The van der Waals surface area contributed by atoms with Gasteiger partial charge in [-0.15, -0.1) is 0 Å². The van der Waals surface area contributed by atoms with E-state index in [1.165, 1.54) is 45.3 Å². The lowest BCUT2D eigenvalue weighted by atomic mass is 9.71. The number of allylic oxidation sites excluding steroid dienone is 1. The minimum atomic E-state index is 0.329. The van der Waals surface area contributed by atoms with E-state index >= 15 is 0 Å². The van der Waals surface area contributed by atoms with Gasteiger partial charge in [-0.1, -0.05) is 6.42 Å². The zero-order valence-electron chi connectivity index (χ0n) is 10.9. The van der Waals surface area contributed by atoms with Gasteiger partial charge in [0.25, 0.3) is 0 Å². The molecule has 0 aromatic rings. The minimum Gasteiger partial charge on any atom is -0.373 e. The third-order valence-corrected chi connectivity index (χ3v) is 5.56. The Morgan fingerprint density at radius 1 is 1.11 bits per heavy atom. The van der Waals surface area contributed by atoms with Crippen LogP contribution >= 0.6 is 0 Å². The zero-order chi connectivity index (χ0) is 12.1. The van der Waals surface area contributed by atoms with Gasteiger partial charge in [0.15, 0.2) is 5.78 Å². The fraction of sp³-hybridized carbons (Fsp3) is 0.800. The van der Waals surface area contributed by atoms with Crippen LogP contribution in [-0.4, -0.2) is 47.3 Å². The highest BCUT2D eigenvalue weighted by atomic mass is 16.1. The van der Waals surface area contributed by atoms with Crippen molar-refractivity contribution in [2.75, 3.05) is 19.6 Å². The molecule has 18 heavy (non-hydrogen) atoms. The average molecular weight is 246 g/mol. The van der Waals surface area contributed by atoms with E-state index in [0.717, 1.165) is 24.3 Å². The quantitative estimate of drug-likeness (QED) is 0.649. The maximum absolute atomic E-state index is 11.6. The Hall–Kier alpha value is -0.830. The van der Waals surface area contributed by atoms with Gasteiger partial charge < -0.3 is 4.90 Å². The number of hydrogen-bond donors (Lipinski definition) is 0. The van der Waals surface area contributed by atoms with E-state index in [0.29, 0.717) is 11.8 Å². The van der Waals surface area contributed by atoms with E-state index in [1.807, 2.05) is 0 Å². The van der Waals surface area contributed by atoms with Crippen molar-refractivity contribution in [1.29, 1.82) is 0 Å². The first-order valence-electron chi connectivity index (χ1n) is 7.52. The summed E-state index contributed by atoms with van der Waals surface area (Å²) in [5, 5.41) is 0. The lowest BCUT2D eigenvalue weighted by Gasteiger charge is -2.56. The molecule has 0 aromatic carbocycles. The molecule has 0 spiro atoms. The van der Waals surface area contributed by atoms with Crippen LogP contribution in [0.15, 0.2) is 12.3 Å². The maximum Gasteiger partial charge on any atom is 0.159 e. The van der Waals surface area contributed by atoms with E-state index in [2.05, 4.69) is 16.0 Å². The molecule has 3 fully saturated rings. The number of rotatable bonds is 0. The first kappa shape index (κ1) is 11.0. The second-order valence-electron chi connectivity index (χ2n) is 6.56. The summed E-state index contributed by atoms with van der Waals surface area (Å²) in [5.41, 5.74) is 0. The van der Waals surface area contributed by atoms with Crippen molar-refractivity contribution < 1.29 is 4.79 Å². The van der Waals surface area contributed by atoms with Gasteiger partial charge >= 0.3 is 0 Å². The lowest BCUT2D eigenvalue weighted by molar-refractivity contribution is -0.119. The van der Waals surface area contributed by atoms with Crippen LogP contribution in [0.3, 0.4) is 0 Å². The Kier molecular flexibility index (Phi) is 2.51. The summed E-state index contributed by atoms with van der Waals surface area (Å²) in [6, 6.07) is 1.34. The van der Waals surface area contributed by atoms with Crippen LogP contribution < -0.4 is 0 Å². The monoisotopic (exact) mass is 246 g/mol. The van der Waals surface area contributed by atoms with Crippen molar-refractivity contribution in [2.24, 2.45) is 11.8 Å². The number of hydrogen-bond acceptors (Lipinski definition) is 3. The number of nitrogens with zero attached hydrogens (tertiary/aromatic N) is 2. The van der Waals surface area contributed by atoms with Crippen LogP contribution in [0, 0.1) is 11.8 Å². The largest absolute Gasteiger partial charge is 0.373 e. The van der Waals surface area contributed by atoms with Crippen molar-refractivity contribution in [3.63, 3.8) is 0 Å². The molecule has 4 atom stereocenters. The third-order valence-electron chi connectivity index (χ3n) is 5.56. The van der Waals surface area contributed by atoms with Gasteiger partial charge in [0.1, 0.15) is 0 Å². The second-order valence-corrected chi connectivity index (χ2v) is 6.56. The smallest absolute Gasteiger partial charge is 0.159 e. The molecule has 0 amide bonds. The van der Waals surface area contributed by atoms with E-state index in [9.17, 15) is 4.79 Å². The van der Waals surface area contributed by atoms with Gasteiger partial charge in [-0.2, -0.15) is 0 Å². The molecule has 3 nitrogen and oxygen atoms in total. The van der Waals surface area contributed by atoms with Crippen molar-refractivity contribution >= 4 is 5.78 Å². The summed E-state index contributed by atoms with van der Waals surface area (Å²) in [5.74, 6) is 1.90. The summed E-state index contributed by atoms with van der Waals surface area (Å²) in [7, 11) is 0. The van der Waals surface area contributed by atoms with Crippen molar-refractivity contribution in [2.45, 2.75) is 44.2 Å². The number of carbonyl (C=O) groups excluding carboxylic acids is 1. The van der Waals surface area contributed by atoms with E-state index in [1.54, 1.807) is 6.08 Å². The minimum absolute atomic E-state index is 0.329. The normalized spacial score (nSPS) is 43.6. The van der Waals surface area contributed by atoms with Crippen LogP contribution in [0.5, 0.6) is 0 Å². The highest BCUT2D eigenvalue weighted by Crippen LogP contribution is 2.41. The van der Waals surface area contributed by atoms with Crippen molar-refractivity contribution in [1.82, 2.24) is 9.80 Å².